The molecule has 0 unspecified atom stereocenters. The first-order chi connectivity index (χ1) is 11.9. The van der Waals surface area contributed by atoms with Crippen molar-refractivity contribution in [1.82, 2.24) is 10.6 Å². The largest absolute Gasteiger partial charge is 0.379 e. The van der Waals surface area contributed by atoms with E-state index in [0.717, 1.165) is 25.0 Å². The number of hydrogen-bond donors (Lipinski definition) is 4. The summed E-state index contributed by atoms with van der Waals surface area (Å²) < 4.78 is 10.5. The lowest BCUT2D eigenvalue weighted by Gasteiger charge is -2.23. The Balaban J connectivity index is 1.59. The maximum atomic E-state index is 12.2. The summed E-state index contributed by atoms with van der Waals surface area (Å²) in [5.74, 6) is 0.762. The number of urea groups is 1. The van der Waals surface area contributed by atoms with E-state index >= 15 is 0 Å². The van der Waals surface area contributed by atoms with Gasteiger partial charge in [0.15, 0.2) is 5.78 Å². The van der Waals surface area contributed by atoms with E-state index in [1.807, 2.05) is 18.7 Å². The predicted molar refractivity (Wildman–Crippen MR) is 97.4 cm³/mol. The van der Waals surface area contributed by atoms with Crippen molar-refractivity contribution >= 4 is 23.6 Å². The topological polar surface area (TPSA) is 129 Å². The standard InChI is InChI=1S/C16H30N4O4S/c1-2-23-7-8-24-10-16(17,18)13(21)6-4-3-5-12-14-11(9-25-12)19-15(22)20-14/h11-12,14H,2-10,17-18H2,1H3,(H2,19,20,22)/t11-,12-,14-/m0/s1. The van der Waals surface area contributed by atoms with Gasteiger partial charge in [-0.2, -0.15) is 11.8 Å². The molecule has 2 amide bonds. The van der Waals surface area contributed by atoms with E-state index in [-0.39, 0.29) is 30.5 Å². The smallest absolute Gasteiger partial charge is 0.315 e. The molecule has 2 saturated heterocycles. The van der Waals surface area contributed by atoms with Gasteiger partial charge in [-0.25, -0.2) is 4.79 Å². The van der Waals surface area contributed by atoms with Crippen molar-refractivity contribution in [3.05, 3.63) is 0 Å². The van der Waals surface area contributed by atoms with Gasteiger partial charge in [0.1, 0.15) is 5.66 Å². The quantitative estimate of drug-likeness (QED) is 0.214. The summed E-state index contributed by atoms with van der Waals surface area (Å²) in [5, 5.41) is 6.30. The Morgan fingerprint density at radius 2 is 2.04 bits per heavy atom. The molecule has 0 bridgehead atoms. The van der Waals surface area contributed by atoms with Gasteiger partial charge in [0.25, 0.3) is 0 Å². The molecule has 2 aliphatic rings. The highest BCUT2D eigenvalue weighted by Crippen LogP contribution is 2.33. The summed E-state index contributed by atoms with van der Waals surface area (Å²) in [6.07, 6.45) is 2.96. The Morgan fingerprint density at radius 1 is 1.28 bits per heavy atom. The summed E-state index contributed by atoms with van der Waals surface area (Å²) in [6.45, 7) is 3.37. The first-order valence-corrected chi connectivity index (χ1v) is 9.94. The Kier molecular flexibility index (Phi) is 7.95. The van der Waals surface area contributed by atoms with E-state index in [0.29, 0.717) is 31.5 Å². The van der Waals surface area contributed by atoms with E-state index in [1.165, 1.54) is 0 Å². The summed E-state index contributed by atoms with van der Waals surface area (Å²) in [5.41, 5.74) is 10.3. The van der Waals surface area contributed by atoms with Crippen molar-refractivity contribution in [3.63, 3.8) is 0 Å². The average Bonchev–Trinajstić information content (AvgIpc) is 3.10. The molecular formula is C16H30N4O4S. The summed E-state index contributed by atoms with van der Waals surface area (Å²) in [6, 6.07) is 0.365. The SMILES string of the molecule is CCOCCOCC(N)(N)C(=O)CCCC[C@@H]1SC[C@@H]2NC(=O)N[C@@H]21. The number of ether oxygens (including phenoxy) is 2. The highest BCUT2D eigenvalue weighted by Gasteiger charge is 2.42. The molecule has 2 rings (SSSR count). The molecule has 2 heterocycles. The minimum Gasteiger partial charge on any atom is -0.379 e. The van der Waals surface area contributed by atoms with Gasteiger partial charge < -0.3 is 31.6 Å². The average molecular weight is 375 g/mol. The van der Waals surface area contributed by atoms with Crippen LogP contribution in [0.4, 0.5) is 4.79 Å². The van der Waals surface area contributed by atoms with Crippen molar-refractivity contribution in [1.29, 1.82) is 0 Å². The summed E-state index contributed by atoms with van der Waals surface area (Å²) in [7, 11) is 0. The van der Waals surface area contributed by atoms with E-state index in [9.17, 15) is 9.59 Å². The maximum absolute atomic E-state index is 12.2. The molecule has 3 atom stereocenters. The van der Waals surface area contributed by atoms with Crippen LogP contribution in [-0.2, 0) is 14.3 Å². The van der Waals surface area contributed by atoms with E-state index in [4.69, 9.17) is 20.9 Å². The van der Waals surface area contributed by atoms with Gasteiger partial charge >= 0.3 is 6.03 Å². The molecule has 144 valence electrons. The van der Waals surface area contributed by atoms with Crippen molar-refractivity contribution in [2.75, 3.05) is 32.2 Å². The lowest BCUT2D eigenvalue weighted by Crippen LogP contribution is -2.60. The molecule has 0 spiro atoms. The molecule has 25 heavy (non-hydrogen) atoms. The van der Waals surface area contributed by atoms with Gasteiger partial charge in [-0.1, -0.05) is 6.42 Å². The third kappa shape index (κ3) is 6.10. The molecule has 0 aromatic carbocycles. The van der Waals surface area contributed by atoms with E-state index in [2.05, 4.69) is 10.6 Å². The van der Waals surface area contributed by atoms with Gasteiger partial charge in [-0.05, 0) is 19.8 Å². The van der Waals surface area contributed by atoms with Gasteiger partial charge in [-0.3, -0.25) is 4.79 Å². The van der Waals surface area contributed by atoms with Gasteiger partial charge in [0.2, 0.25) is 0 Å². The molecule has 6 N–H and O–H groups in total. The van der Waals surface area contributed by atoms with Gasteiger partial charge in [0, 0.05) is 24.0 Å². The molecule has 9 heteroatoms. The number of ketones is 1. The number of Topliss-reactive ketones (excluding diaryl/α,β-unsaturated/α-hetero) is 1. The normalized spacial score (nSPS) is 25.6. The van der Waals surface area contributed by atoms with Crippen LogP contribution in [0.1, 0.15) is 32.6 Å². The number of carbonyl (C=O) groups is 2. The fourth-order valence-electron chi connectivity index (χ4n) is 3.09. The molecule has 2 aliphatic heterocycles. The number of amides is 2. The van der Waals surface area contributed by atoms with Crippen LogP contribution in [-0.4, -0.2) is 67.0 Å². The maximum Gasteiger partial charge on any atom is 0.315 e. The van der Waals surface area contributed by atoms with Crippen molar-refractivity contribution in [2.45, 2.75) is 55.6 Å². The second-order valence-corrected chi connectivity index (χ2v) is 7.85. The van der Waals surface area contributed by atoms with Crippen LogP contribution in [0.15, 0.2) is 0 Å². The Morgan fingerprint density at radius 3 is 2.80 bits per heavy atom. The highest BCUT2D eigenvalue weighted by atomic mass is 32.2. The summed E-state index contributed by atoms with van der Waals surface area (Å²) in [4.78, 5) is 23.5. The molecule has 8 nitrogen and oxygen atoms in total. The monoisotopic (exact) mass is 374 g/mol. The van der Waals surface area contributed by atoms with Crippen LogP contribution in [0.5, 0.6) is 0 Å². The van der Waals surface area contributed by atoms with Crippen LogP contribution >= 0.6 is 11.8 Å². The number of thioether (sulfide) groups is 1. The molecule has 0 aromatic rings. The third-order valence-electron chi connectivity index (χ3n) is 4.52. The number of carbonyl (C=O) groups excluding carboxylic acids is 2. The van der Waals surface area contributed by atoms with Crippen molar-refractivity contribution < 1.29 is 19.1 Å². The molecule has 0 aromatic heterocycles. The minimum atomic E-state index is -1.44. The van der Waals surface area contributed by atoms with Crippen LogP contribution in [0.25, 0.3) is 0 Å². The second kappa shape index (κ2) is 9.72. The first-order valence-electron chi connectivity index (χ1n) is 8.89. The van der Waals surface area contributed by atoms with Crippen LogP contribution in [0, 0.1) is 0 Å². The molecule has 0 aliphatic carbocycles. The zero-order valence-electron chi connectivity index (χ0n) is 14.8. The van der Waals surface area contributed by atoms with Gasteiger partial charge in [-0.15, -0.1) is 0 Å². The van der Waals surface area contributed by atoms with E-state index in [1.54, 1.807) is 0 Å². The number of rotatable bonds is 12. The lowest BCUT2D eigenvalue weighted by atomic mass is 9.99. The molecule has 0 radical (unpaired) electrons. The summed E-state index contributed by atoms with van der Waals surface area (Å²) >= 11 is 1.87. The zero-order valence-corrected chi connectivity index (χ0v) is 15.6. The Labute approximate surface area is 153 Å². The molecule has 2 fully saturated rings. The zero-order chi connectivity index (χ0) is 18.3. The Hall–Kier alpha value is -0.870. The fraction of sp³-hybridized carbons (Fsp3) is 0.875. The van der Waals surface area contributed by atoms with Crippen LogP contribution in [0.2, 0.25) is 0 Å². The molecular weight excluding hydrogens is 344 g/mol. The minimum absolute atomic E-state index is 0.00115. The Bertz CT molecular complexity index is 463. The van der Waals surface area contributed by atoms with Crippen molar-refractivity contribution in [3.8, 4) is 0 Å². The third-order valence-corrected chi connectivity index (χ3v) is 6.03. The van der Waals surface area contributed by atoms with Gasteiger partial charge in [0.05, 0.1) is 31.9 Å². The number of nitrogens with one attached hydrogen (secondary N) is 2. The second-order valence-electron chi connectivity index (χ2n) is 6.58. The fourth-order valence-corrected chi connectivity index (χ4v) is 4.63. The first kappa shape index (κ1) is 20.4. The number of fused-ring (bicyclic) bond motifs is 1. The van der Waals surface area contributed by atoms with E-state index < -0.39 is 5.66 Å². The lowest BCUT2D eigenvalue weighted by molar-refractivity contribution is -0.126. The van der Waals surface area contributed by atoms with Crippen molar-refractivity contribution in [2.24, 2.45) is 11.5 Å². The highest BCUT2D eigenvalue weighted by molar-refractivity contribution is 8.00. The number of nitrogens with two attached hydrogens (primary N) is 2. The molecule has 0 saturated carbocycles. The number of hydrogen-bond acceptors (Lipinski definition) is 7. The number of unbranched alkanes of at least 4 members (excludes halogenated alkanes) is 1. The predicted octanol–water partition coefficient (Wildman–Crippen LogP) is -0.0519. The van der Waals surface area contributed by atoms with Crippen LogP contribution < -0.4 is 22.1 Å². The van der Waals surface area contributed by atoms with Crippen LogP contribution in [0.3, 0.4) is 0 Å².